The Kier molecular flexibility index (Phi) is 2.44. The maximum Gasteiger partial charge on any atom is 0.144 e. The lowest BCUT2D eigenvalue weighted by molar-refractivity contribution is -0.123. The van der Waals surface area contributed by atoms with Gasteiger partial charge in [0.15, 0.2) is 0 Å². The Morgan fingerprint density at radius 2 is 2.27 bits per heavy atom. The second-order valence-electron chi connectivity index (χ2n) is 4.13. The Bertz CT molecular complexity index is 385. The van der Waals surface area contributed by atoms with E-state index in [0.717, 1.165) is 18.4 Å². The van der Waals surface area contributed by atoms with Gasteiger partial charge in [-0.2, -0.15) is 0 Å². The van der Waals surface area contributed by atoms with Crippen LogP contribution < -0.4 is 11.5 Å². The van der Waals surface area contributed by atoms with Gasteiger partial charge >= 0.3 is 0 Å². The predicted molar refractivity (Wildman–Crippen MR) is 58.1 cm³/mol. The zero-order chi connectivity index (χ0) is 10.9. The van der Waals surface area contributed by atoms with Crippen molar-refractivity contribution in [3.8, 4) is 0 Å². The van der Waals surface area contributed by atoms with Crippen molar-refractivity contribution < 1.29 is 4.79 Å². The van der Waals surface area contributed by atoms with E-state index in [2.05, 4.69) is 4.98 Å². The molecule has 0 aliphatic heterocycles. The molecule has 4 N–H and O–H groups in total. The average molecular weight is 205 g/mol. The summed E-state index contributed by atoms with van der Waals surface area (Å²) in [5.74, 6) is 0.642. The molecule has 0 spiro atoms. The van der Waals surface area contributed by atoms with Gasteiger partial charge < -0.3 is 11.5 Å². The highest BCUT2D eigenvalue weighted by atomic mass is 16.1. The minimum atomic E-state index is -0.248. The van der Waals surface area contributed by atoms with E-state index in [1.54, 1.807) is 12.3 Å². The zero-order valence-electron chi connectivity index (χ0n) is 8.57. The third-order valence-corrected chi connectivity index (χ3v) is 3.11. The summed E-state index contributed by atoms with van der Waals surface area (Å²) in [6, 6.07) is 3.63. The van der Waals surface area contributed by atoms with E-state index in [0.29, 0.717) is 18.8 Å². The van der Waals surface area contributed by atoms with Gasteiger partial charge in [0.05, 0.1) is 0 Å². The molecule has 0 atom stereocenters. The Balaban J connectivity index is 2.10. The number of carbonyl (C=O) groups excluding carboxylic acids is 1. The van der Waals surface area contributed by atoms with E-state index in [-0.39, 0.29) is 11.2 Å². The number of nitrogens with two attached hydrogens (primary N) is 2. The minimum absolute atomic E-state index is 0.199. The summed E-state index contributed by atoms with van der Waals surface area (Å²) in [6.07, 6.45) is 3.82. The van der Waals surface area contributed by atoms with Gasteiger partial charge in [-0.1, -0.05) is 6.07 Å². The van der Waals surface area contributed by atoms with Crippen molar-refractivity contribution in [3.05, 3.63) is 23.9 Å². The van der Waals surface area contributed by atoms with Crippen molar-refractivity contribution in [1.82, 2.24) is 4.98 Å². The number of carbonyl (C=O) groups is 1. The first kappa shape index (κ1) is 10.1. The quantitative estimate of drug-likeness (QED) is 0.750. The number of rotatable bonds is 4. The molecule has 0 bridgehead atoms. The molecule has 1 heterocycles. The Labute approximate surface area is 88.7 Å². The van der Waals surface area contributed by atoms with Crippen molar-refractivity contribution in [1.29, 1.82) is 0 Å². The number of nitrogens with zero attached hydrogens (tertiary/aromatic N) is 1. The molecule has 4 nitrogen and oxygen atoms in total. The number of hydrogen-bond acceptors (Lipinski definition) is 4. The Hall–Kier alpha value is -1.42. The van der Waals surface area contributed by atoms with E-state index in [4.69, 9.17) is 11.5 Å². The molecule has 2 rings (SSSR count). The van der Waals surface area contributed by atoms with Crippen LogP contribution in [0.2, 0.25) is 0 Å². The number of aromatic nitrogens is 1. The fraction of sp³-hybridized carbons (Fsp3) is 0.455. The van der Waals surface area contributed by atoms with Gasteiger partial charge in [0, 0.05) is 30.1 Å². The first-order valence-corrected chi connectivity index (χ1v) is 5.11. The molecule has 1 aromatic rings. The third kappa shape index (κ3) is 1.85. The molecule has 1 fully saturated rings. The van der Waals surface area contributed by atoms with E-state index in [1.165, 1.54) is 0 Å². The van der Waals surface area contributed by atoms with Crippen molar-refractivity contribution in [2.45, 2.75) is 19.3 Å². The Morgan fingerprint density at radius 3 is 2.80 bits per heavy atom. The van der Waals surface area contributed by atoms with Gasteiger partial charge in [-0.05, 0) is 18.9 Å². The Morgan fingerprint density at radius 1 is 1.53 bits per heavy atom. The standard InChI is InChI=1S/C11H15N3O/c12-7-11(3-4-11)9(15)6-8-2-1-5-14-10(8)13/h1-2,5H,3-4,6-7,12H2,(H2,13,14). The molecular formula is C11H15N3O. The monoisotopic (exact) mass is 205 g/mol. The molecule has 1 aliphatic rings. The highest BCUT2D eigenvalue weighted by Crippen LogP contribution is 2.46. The summed E-state index contributed by atoms with van der Waals surface area (Å²) in [5, 5.41) is 0. The van der Waals surface area contributed by atoms with Crippen LogP contribution in [0.3, 0.4) is 0 Å². The topological polar surface area (TPSA) is 82.0 Å². The molecule has 15 heavy (non-hydrogen) atoms. The van der Waals surface area contributed by atoms with Crippen LogP contribution in [0.4, 0.5) is 5.82 Å². The minimum Gasteiger partial charge on any atom is -0.383 e. The first-order chi connectivity index (χ1) is 7.18. The van der Waals surface area contributed by atoms with E-state index < -0.39 is 0 Å². The lowest BCUT2D eigenvalue weighted by atomic mass is 9.95. The number of nitrogen functional groups attached to an aromatic ring is 1. The molecule has 0 radical (unpaired) electrons. The van der Waals surface area contributed by atoms with Crippen molar-refractivity contribution >= 4 is 11.6 Å². The normalized spacial score (nSPS) is 17.4. The summed E-state index contributed by atoms with van der Waals surface area (Å²) in [4.78, 5) is 15.9. The fourth-order valence-electron chi connectivity index (χ4n) is 1.71. The largest absolute Gasteiger partial charge is 0.383 e. The van der Waals surface area contributed by atoms with Crippen LogP contribution in [0.5, 0.6) is 0 Å². The number of pyridine rings is 1. The fourth-order valence-corrected chi connectivity index (χ4v) is 1.71. The molecule has 1 aliphatic carbocycles. The molecule has 4 heteroatoms. The highest BCUT2D eigenvalue weighted by molar-refractivity contribution is 5.90. The van der Waals surface area contributed by atoms with Gasteiger partial charge in [0.25, 0.3) is 0 Å². The van der Waals surface area contributed by atoms with Crippen LogP contribution in [-0.4, -0.2) is 17.3 Å². The molecule has 80 valence electrons. The van der Waals surface area contributed by atoms with Crippen molar-refractivity contribution in [3.63, 3.8) is 0 Å². The third-order valence-electron chi connectivity index (χ3n) is 3.11. The number of hydrogen-bond donors (Lipinski definition) is 2. The predicted octanol–water partition coefficient (Wildman–Crippen LogP) is 0.514. The molecule has 1 saturated carbocycles. The summed E-state index contributed by atoms with van der Waals surface area (Å²) in [6.45, 7) is 0.450. The number of Topliss-reactive ketones (excluding diaryl/α,β-unsaturated/α-hetero) is 1. The average Bonchev–Trinajstić information content (AvgIpc) is 3.02. The molecule has 0 aromatic carbocycles. The van der Waals surface area contributed by atoms with Gasteiger partial charge in [-0.25, -0.2) is 4.98 Å². The first-order valence-electron chi connectivity index (χ1n) is 5.11. The molecule has 0 unspecified atom stereocenters. The summed E-state index contributed by atoms with van der Waals surface area (Å²) < 4.78 is 0. The summed E-state index contributed by atoms with van der Waals surface area (Å²) in [5.41, 5.74) is 11.8. The van der Waals surface area contributed by atoms with Crippen LogP contribution >= 0.6 is 0 Å². The van der Waals surface area contributed by atoms with Crippen LogP contribution in [0.15, 0.2) is 18.3 Å². The van der Waals surface area contributed by atoms with Crippen LogP contribution in [-0.2, 0) is 11.2 Å². The molecule has 1 aromatic heterocycles. The molecule has 0 amide bonds. The van der Waals surface area contributed by atoms with E-state index in [1.807, 2.05) is 6.07 Å². The molecule has 0 saturated heterocycles. The molecular weight excluding hydrogens is 190 g/mol. The maximum atomic E-state index is 11.9. The number of ketones is 1. The van der Waals surface area contributed by atoms with Crippen molar-refractivity contribution in [2.24, 2.45) is 11.1 Å². The van der Waals surface area contributed by atoms with Gasteiger partial charge in [-0.15, -0.1) is 0 Å². The van der Waals surface area contributed by atoms with Gasteiger partial charge in [-0.3, -0.25) is 4.79 Å². The van der Waals surface area contributed by atoms with Crippen LogP contribution in [0, 0.1) is 5.41 Å². The number of anilines is 1. The van der Waals surface area contributed by atoms with Gasteiger partial charge in [0.2, 0.25) is 0 Å². The van der Waals surface area contributed by atoms with Crippen LogP contribution in [0.1, 0.15) is 18.4 Å². The van der Waals surface area contributed by atoms with Crippen LogP contribution in [0.25, 0.3) is 0 Å². The smallest absolute Gasteiger partial charge is 0.144 e. The van der Waals surface area contributed by atoms with E-state index in [9.17, 15) is 4.79 Å². The lowest BCUT2D eigenvalue weighted by Gasteiger charge is -2.11. The van der Waals surface area contributed by atoms with Gasteiger partial charge in [0.1, 0.15) is 11.6 Å². The second-order valence-corrected chi connectivity index (χ2v) is 4.13. The zero-order valence-corrected chi connectivity index (χ0v) is 8.57. The maximum absolute atomic E-state index is 11.9. The van der Waals surface area contributed by atoms with Crippen molar-refractivity contribution in [2.75, 3.05) is 12.3 Å². The summed E-state index contributed by atoms with van der Waals surface area (Å²) in [7, 11) is 0. The highest BCUT2D eigenvalue weighted by Gasteiger charge is 2.47. The van der Waals surface area contributed by atoms with E-state index >= 15 is 0 Å². The SMILES string of the molecule is NCC1(C(=O)Cc2cccnc2N)CC1. The summed E-state index contributed by atoms with van der Waals surface area (Å²) >= 11 is 0. The second kappa shape index (κ2) is 3.62. The lowest BCUT2D eigenvalue weighted by Crippen LogP contribution is -2.27.